The molecule has 0 fully saturated rings. The van der Waals surface area contributed by atoms with E-state index in [0.717, 1.165) is 11.1 Å². The molecule has 0 unspecified atom stereocenters. The van der Waals surface area contributed by atoms with Crippen molar-refractivity contribution < 1.29 is 4.74 Å². The second-order valence-corrected chi connectivity index (χ2v) is 7.51. The number of tetrazole rings is 1. The lowest BCUT2D eigenvalue weighted by atomic mass is 10.1. The zero-order valence-corrected chi connectivity index (χ0v) is 17.4. The third-order valence-electron chi connectivity index (χ3n) is 4.30. The molecule has 8 heteroatoms. The summed E-state index contributed by atoms with van der Waals surface area (Å²) in [6, 6.07) is 20.8. The van der Waals surface area contributed by atoms with Crippen molar-refractivity contribution in [3.05, 3.63) is 92.9 Å². The molecule has 4 rings (SSSR count). The lowest BCUT2D eigenvalue weighted by Gasteiger charge is -2.13. The van der Waals surface area contributed by atoms with Gasteiger partial charge in [0.1, 0.15) is 12.4 Å². The van der Waals surface area contributed by atoms with Gasteiger partial charge in [0.25, 0.3) is 0 Å². The summed E-state index contributed by atoms with van der Waals surface area (Å²) in [4.78, 5) is 0. The largest absolute Gasteiger partial charge is 0.489 e. The topological polar surface area (TPSA) is 52.8 Å². The van der Waals surface area contributed by atoms with Crippen molar-refractivity contribution in [2.45, 2.75) is 13.2 Å². The van der Waals surface area contributed by atoms with Crippen molar-refractivity contribution in [3.8, 4) is 17.1 Å². The maximum atomic E-state index is 6.35. The predicted molar refractivity (Wildman–Crippen MR) is 115 cm³/mol. The number of rotatable bonds is 6. The minimum absolute atomic E-state index is 0.357. The molecule has 0 saturated heterocycles. The molecule has 1 heterocycles. The Kier molecular flexibility index (Phi) is 6.00. The highest BCUT2D eigenvalue weighted by Gasteiger charge is 2.16. The fraction of sp³-hybridized carbons (Fsp3) is 0.0952. The van der Waals surface area contributed by atoms with Gasteiger partial charge in [-0.1, -0.05) is 71.2 Å². The summed E-state index contributed by atoms with van der Waals surface area (Å²) < 4.78 is 7.67. The summed E-state index contributed by atoms with van der Waals surface area (Å²) in [5, 5.41) is 13.5. The van der Waals surface area contributed by atoms with Crippen LogP contribution in [0.3, 0.4) is 0 Å². The molecule has 0 amide bonds. The highest BCUT2D eigenvalue weighted by atomic mass is 35.5. The second-order valence-electron chi connectivity index (χ2n) is 6.29. The van der Waals surface area contributed by atoms with Gasteiger partial charge in [0.05, 0.1) is 16.6 Å². The maximum absolute atomic E-state index is 6.35. The van der Waals surface area contributed by atoms with Gasteiger partial charge < -0.3 is 4.74 Å². The third kappa shape index (κ3) is 4.53. The standard InChI is InChI=1S/C21H15Cl3N4O/c22-16-9-10-19(29-13-14-5-2-1-3-6-14)15(11-16)12-28-21(25-26-27-28)17-7-4-8-18(23)20(17)24/h1-11H,12-13H2. The van der Waals surface area contributed by atoms with E-state index in [4.69, 9.17) is 39.5 Å². The van der Waals surface area contributed by atoms with Gasteiger partial charge in [0, 0.05) is 16.1 Å². The Morgan fingerprint density at radius 1 is 0.897 bits per heavy atom. The van der Waals surface area contributed by atoms with E-state index in [9.17, 15) is 0 Å². The van der Waals surface area contributed by atoms with Crippen LogP contribution in [0.5, 0.6) is 5.75 Å². The summed E-state index contributed by atoms with van der Waals surface area (Å²) in [6.45, 7) is 0.800. The highest BCUT2D eigenvalue weighted by molar-refractivity contribution is 6.43. The molecule has 0 N–H and O–H groups in total. The van der Waals surface area contributed by atoms with Crippen LogP contribution in [-0.4, -0.2) is 20.2 Å². The lowest BCUT2D eigenvalue weighted by Crippen LogP contribution is -2.07. The molecule has 3 aromatic carbocycles. The van der Waals surface area contributed by atoms with Gasteiger partial charge in [-0.25, -0.2) is 4.68 Å². The molecular weight excluding hydrogens is 431 g/mol. The van der Waals surface area contributed by atoms with Crippen LogP contribution in [-0.2, 0) is 13.2 Å². The Balaban J connectivity index is 1.63. The van der Waals surface area contributed by atoms with Crippen molar-refractivity contribution in [1.29, 1.82) is 0 Å². The van der Waals surface area contributed by atoms with Crippen molar-refractivity contribution in [3.63, 3.8) is 0 Å². The summed E-state index contributed by atoms with van der Waals surface area (Å²) >= 11 is 18.7. The van der Waals surface area contributed by atoms with Crippen molar-refractivity contribution >= 4 is 34.8 Å². The first kappa shape index (κ1) is 19.7. The Bertz CT molecular complexity index is 1130. The van der Waals surface area contributed by atoms with Crippen molar-refractivity contribution in [2.75, 3.05) is 0 Å². The number of halogens is 3. The molecule has 0 aliphatic carbocycles. The van der Waals surface area contributed by atoms with E-state index < -0.39 is 0 Å². The summed E-state index contributed by atoms with van der Waals surface area (Å²) in [6.07, 6.45) is 0. The molecular formula is C21H15Cl3N4O. The molecule has 0 spiro atoms. The van der Waals surface area contributed by atoms with Gasteiger partial charge in [-0.15, -0.1) is 5.10 Å². The summed E-state index contributed by atoms with van der Waals surface area (Å²) in [5.41, 5.74) is 2.57. The van der Waals surface area contributed by atoms with Crippen LogP contribution in [0, 0.1) is 0 Å². The minimum Gasteiger partial charge on any atom is -0.489 e. The Morgan fingerprint density at radius 3 is 2.55 bits per heavy atom. The lowest BCUT2D eigenvalue weighted by molar-refractivity contribution is 0.302. The molecule has 4 aromatic rings. The van der Waals surface area contributed by atoms with Gasteiger partial charge in [0.2, 0.25) is 0 Å². The van der Waals surface area contributed by atoms with Crippen LogP contribution in [0.1, 0.15) is 11.1 Å². The van der Waals surface area contributed by atoms with Gasteiger partial charge in [-0.2, -0.15) is 0 Å². The number of ether oxygens (including phenoxy) is 1. The zero-order valence-electron chi connectivity index (χ0n) is 15.1. The maximum Gasteiger partial charge on any atom is 0.183 e. The SMILES string of the molecule is Clc1ccc(OCc2ccccc2)c(Cn2nnnc2-c2cccc(Cl)c2Cl)c1. The van der Waals surface area contributed by atoms with Gasteiger partial charge in [0.15, 0.2) is 5.82 Å². The highest BCUT2D eigenvalue weighted by Crippen LogP contribution is 2.33. The third-order valence-corrected chi connectivity index (χ3v) is 5.36. The zero-order chi connectivity index (χ0) is 20.2. The fourth-order valence-electron chi connectivity index (χ4n) is 2.89. The molecule has 1 aromatic heterocycles. The number of benzene rings is 3. The summed E-state index contributed by atoms with van der Waals surface area (Å²) in [5.74, 6) is 1.21. The number of aromatic nitrogens is 4. The Morgan fingerprint density at radius 2 is 1.72 bits per heavy atom. The van der Waals surface area contributed by atoms with Gasteiger partial charge >= 0.3 is 0 Å². The molecule has 0 aliphatic heterocycles. The molecule has 0 atom stereocenters. The van der Waals surface area contributed by atoms with E-state index >= 15 is 0 Å². The first-order chi connectivity index (χ1) is 14.1. The Labute approximate surface area is 182 Å². The van der Waals surface area contributed by atoms with Crippen LogP contribution < -0.4 is 4.74 Å². The monoisotopic (exact) mass is 444 g/mol. The normalized spacial score (nSPS) is 10.9. The molecule has 0 aliphatic rings. The van der Waals surface area contributed by atoms with Crippen LogP contribution >= 0.6 is 34.8 Å². The van der Waals surface area contributed by atoms with Gasteiger partial charge in [-0.05, 0) is 46.3 Å². The van der Waals surface area contributed by atoms with Crippen molar-refractivity contribution in [2.24, 2.45) is 0 Å². The van der Waals surface area contributed by atoms with Crippen LogP contribution in [0.4, 0.5) is 0 Å². The first-order valence-electron chi connectivity index (χ1n) is 8.77. The van der Waals surface area contributed by atoms with Crippen LogP contribution in [0.2, 0.25) is 15.1 Å². The molecule has 29 heavy (non-hydrogen) atoms. The minimum atomic E-state index is 0.357. The summed E-state index contributed by atoms with van der Waals surface area (Å²) in [7, 11) is 0. The quantitative estimate of drug-likeness (QED) is 0.369. The van der Waals surface area contributed by atoms with E-state index in [0.29, 0.717) is 45.4 Å². The number of hydrogen-bond acceptors (Lipinski definition) is 4. The molecule has 0 radical (unpaired) electrons. The van der Waals surface area contributed by atoms with E-state index in [2.05, 4.69) is 15.5 Å². The molecule has 0 bridgehead atoms. The molecule has 146 valence electrons. The molecule has 5 nitrogen and oxygen atoms in total. The number of hydrogen-bond donors (Lipinski definition) is 0. The Hall–Kier alpha value is -2.60. The van der Waals surface area contributed by atoms with Crippen LogP contribution in [0.15, 0.2) is 66.7 Å². The van der Waals surface area contributed by atoms with E-state index in [1.165, 1.54) is 0 Å². The first-order valence-corrected chi connectivity index (χ1v) is 9.91. The molecule has 0 saturated carbocycles. The average molecular weight is 446 g/mol. The average Bonchev–Trinajstić information content (AvgIpc) is 3.18. The van der Waals surface area contributed by atoms with E-state index in [1.54, 1.807) is 22.9 Å². The number of nitrogens with zero attached hydrogens (tertiary/aromatic N) is 4. The predicted octanol–water partition coefficient (Wildman–Crippen LogP) is 5.93. The fourth-order valence-corrected chi connectivity index (χ4v) is 3.47. The smallest absolute Gasteiger partial charge is 0.183 e. The van der Waals surface area contributed by atoms with Crippen molar-refractivity contribution in [1.82, 2.24) is 20.2 Å². The second kappa shape index (κ2) is 8.82. The van der Waals surface area contributed by atoms with E-state index in [-0.39, 0.29) is 0 Å². The van der Waals surface area contributed by atoms with Gasteiger partial charge in [-0.3, -0.25) is 0 Å². The van der Waals surface area contributed by atoms with Crippen LogP contribution in [0.25, 0.3) is 11.4 Å². The van der Waals surface area contributed by atoms with E-state index in [1.807, 2.05) is 48.5 Å².